The average Bonchev–Trinajstić information content (AvgIpc) is 2.13. The van der Waals surface area contributed by atoms with Crippen LogP contribution in [0.15, 0.2) is 0 Å². The SMILES string of the molecule is CC(C)CCCN(C)CCC(N)C(=O)O. The van der Waals surface area contributed by atoms with E-state index in [1.165, 1.54) is 6.42 Å². The molecule has 0 aromatic carbocycles. The Hall–Kier alpha value is -0.610. The van der Waals surface area contributed by atoms with Crippen LogP contribution >= 0.6 is 0 Å². The predicted molar refractivity (Wildman–Crippen MR) is 61.8 cm³/mol. The number of carboxylic acid groups (broad SMARTS) is 1. The van der Waals surface area contributed by atoms with E-state index in [0.717, 1.165) is 25.4 Å². The molecule has 0 spiro atoms. The highest BCUT2D eigenvalue weighted by Crippen LogP contribution is 2.04. The fraction of sp³-hybridized carbons (Fsp3) is 0.909. The van der Waals surface area contributed by atoms with Gasteiger partial charge in [-0.05, 0) is 45.3 Å². The second kappa shape index (κ2) is 7.65. The van der Waals surface area contributed by atoms with Crippen molar-refractivity contribution in [3.63, 3.8) is 0 Å². The first-order valence-electron chi connectivity index (χ1n) is 5.60. The Morgan fingerprint density at radius 2 is 1.93 bits per heavy atom. The second-order valence-corrected chi connectivity index (χ2v) is 4.57. The van der Waals surface area contributed by atoms with Crippen molar-refractivity contribution in [1.29, 1.82) is 0 Å². The first kappa shape index (κ1) is 14.4. The Morgan fingerprint density at radius 1 is 1.33 bits per heavy atom. The van der Waals surface area contributed by atoms with E-state index in [-0.39, 0.29) is 0 Å². The van der Waals surface area contributed by atoms with Crippen molar-refractivity contribution in [3.05, 3.63) is 0 Å². The average molecular weight is 216 g/mol. The summed E-state index contributed by atoms with van der Waals surface area (Å²) in [5.41, 5.74) is 5.42. The second-order valence-electron chi connectivity index (χ2n) is 4.57. The number of hydrogen-bond acceptors (Lipinski definition) is 3. The zero-order valence-corrected chi connectivity index (χ0v) is 10.1. The van der Waals surface area contributed by atoms with Crippen LogP contribution in [0.25, 0.3) is 0 Å². The van der Waals surface area contributed by atoms with Gasteiger partial charge in [-0.3, -0.25) is 4.79 Å². The summed E-state index contributed by atoms with van der Waals surface area (Å²) >= 11 is 0. The molecule has 3 N–H and O–H groups in total. The van der Waals surface area contributed by atoms with E-state index < -0.39 is 12.0 Å². The summed E-state index contributed by atoms with van der Waals surface area (Å²) < 4.78 is 0. The Labute approximate surface area is 92.4 Å². The predicted octanol–water partition coefficient (Wildman–Crippen LogP) is 1.16. The summed E-state index contributed by atoms with van der Waals surface area (Å²) in [6, 6.07) is -0.724. The molecule has 0 bridgehead atoms. The third-order valence-electron chi connectivity index (χ3n) is 2.46. The quantitative estimate of drug-likeness (QED) is 0.639. The molecular weight excluding hydrogens is 192 g/mol. The minimum atomic E-state index is -0.911. The molecule has 0 radical (unpaired) electrons. The van der Waals surface area contributed by atoms with Crippen LogP contribution < -0.4 is 5.73 Å². The highest BCUT2D eigenvalue weighted by Gasteiger charge is 2.11. The fourth-order valence-corrected chi connectivity index (χ4v) is 1.36. The first-order valence-corrected chi connectivity index (χ1v) is 5.60. The van der Waals surface area contributed by atoms with Crippen molar-refractivity contribution in [3.8, 4) is 0 Å². The smallest absolute Gasteiger partial charge is 0.320 e. The molecule has 0 fully saturated rings. The molecule has 4 nitrogen and oxygen atoms in total. The molecule has 0 aromatic rings. The van der Waals surface area contributed by atoms with E-state index in [1.54, 1.807) is 0 Å². The summed E-state index contributed by atoms with van der Waals surface area (Å²) in [5.74, 6) is -0.176. The number of carboxylic acids is 1. The molecule has 0 aliphatic carbocycles. The maximum Gasteiger partial charge on any atom is 0.320 e. The number of hydrogen-bond donors (Lipinski definition) is 2. The number of carbonyl (C=O) groups is 1. The third-order valence-corrected chi connectivity index (χ3v) is 2.46. The van der Waals surface area contributed by atoms with E-state index in [4.69, 9.17) is 10.8 Å². The Kier molecular flexibility index (Phi) is 7.34. The number of rotatable bonds is 8. The molecule has 4 heteroatoms. The van der Waals surface area contributed by atoms with E-state index in [1.807, 2.05) is 7.05 Å². The Balaban J connectivity index is 3.48. The normalized spacial score (nSPS) is 13.5. The highest BCUT2D eigenvalue weighted by molar-refractivity contribution is 5.72. The summed E-state index contributed by atoms with van der Waals surface area (Å²) in [4.78, 5) is 12.6. The van der Waals surface area contributed by atoms with Gasteiger partial charge < -0.3 is 15.7 Å². The van der Waals surface area contributed by atoms with Gasteiger partial charge in [-0.15, -0.1) is 0 Å². The van der Waals surface area contributed by atoms with E-state index in [0.29, 0.717) is 6.42 Å². The Morgan fingerprint density at radius 3 is 2.40 bits per heavy atom. The fourth-order valence-electron chi connectivity index (χ4n) is 1.36. The molecule has 15 heavy (non-hydrogen) atoms. The van der Waals surface area contributed by atoms with Gasteiger partial charge in [-0.25, -0.2) is 0 Å². The summed E-state index contributed by atoms with van der Waals surface area (Å²) in [5, 5.41) is 8.60. The standard InChI is InChI=1S/C11H24N2O2/c1-9(2)5-4-7-13(3)8-6-10(12)11(14)15/h9-10H,4-8,12H2,1-3H3,(H,14,15). The molecule has 0 aromatic heterocycles. The van der Waals surface area contributed by atoms with Gasteiger partial charge in [0.25, 0.3) is 0 Å². The maximum absolute atomic E-state index is 10.5. The topological polar surface area (TPSA) is 66.6 Å². The summed E-state index contributed by atoms with van der Waals surface area (Å²) in [6.07, 6.45) is 2.90. The monoisotopic (exact) mass is 216 g/mol. The molecule has 0 aliphatic heterocycles. The van der Waals surface area contributed by atoms with Crippen molar-refractivity contribution in [2.75, 3.05) is 20.1 Å². The van der Waals surface area contributed by atoms with E-state index >= 15 is 0 Å². The summed E-state index contributed by atoms with van der Waals surface area (Å²) in [6.45, 7) is 6.19. The van der Waals surface area contributed by atoms with Crippen molar-refractivity contribution in [1.82, 2.24) is 4.90 Å². The molecule has 0 saturated carbocycles. The lowest BCUT2D eigenvalue weighted by Crippen LogP contribution is -2.34. The molecular formula is C11H24N2O2. The largest absolute Gasteiger partial charge is 0.480 e. The highest BCUT2D eigenvalue weighted by atomic mass is 16.4. The van der Waals surface area contributed by atoms with Crippen molar-refractivity contribution in [2.45, 2.75) is 39.2 Å². The van der Waals surface area contributed by atoms with Crippen LogP contribution in [0.2, 0.25) is 0 Å². The molecule has 0 heterocycles. The molecule has 1 unspecified atom stereocenters. The van der Waals surface area contributed by atoms with E-state index in [9.17, 15) is 4.79 Å². The van der Waals surface area contributed by atoms with Gasteiger partial charge in [0.05, 0.1) is 0 Å². The van der Waals surface area contributed by atoms with Gasteiger partial charge in [-0.2, -0.15) is 0 Å². The zero-order valence-electron chi connectivity index (χ0n) is 10.1. The Bertz CT molecular complexity index is 183. The van der Waals surface area contributed by atoms with Gasteiger partial charge in [0, 0.05) is 0 Å². The van der Waals surface area contributed by atoms with Crippen LogP contribution in [0.5, 0.6) is 0 Å². The van der Waals surface area contributed by atoms with Crippen molar-refractivity contribution in [2.24, 2.45) is 11.7 Å². The molecule has 90 valence electrons. The number of nitrogens with two attached hydrogens (primary N) is 1. The number of nitrogens with zero attached hydrogens (tertiary/aromatic N) is 1. The van der Waals surface area contributed by atoms with Gasteiger partial charge in [0.1, 0.15) is 6.04 Å². The van der Waals surface area contributed by atoms with Gasteiger partial charge in [0.2, 0.25) is 0 Å². The van der Waals surface area contributed by atoms with Crippen LogP contribution in [0.4, 0.5) is 0 Å². The van der Waals surface area contributed by atoms with Crippen molar-refractivity contribution >= 4 is 5.97 Å². The van der Waals surface area contributed by atoms with Crippen LogP contribution in [0.3, 0.4) is 0 Å². The lowest BCUT2D eigenvalue weighted by atomic mass is 10.1. The van der Waals surface area contributed by atoms with Gasteiger partial charge in [0.15, 0.2) is 0 Å². The molecule has 0 amide bonds. The molecule has 0 aliphatic rings. The van der Waals surface area contributed by atoms with Gasteiger partial charge in [-0.1, -0.05) is 13.8 Å². The van der Waals surface area contributed by atoms with Crippen LogP contribution in [-0.2, 0) is 4.79 Å². The van der Waals surface area contributed by atoms with Crippen LogP contribution in [0.1, 0.15) is 33.1 Å². The molecule has 0 saturated heterocycles. The molecule has 1 atom stereocenters. The lowest BCUT2D eigenvalue weighted by molar-refractivity contribution is -0.138. The van der Waals surface area contributed by atoms with Crippen LogP contribution in [0, 0.1) is 5.92 Å². The van der Waals surface area contributed by atoms with Crippen molar-refractivity contribution < 1.29 is 9.90 Å². The van der Waals surface area contributed by atoms with Crippen LogP contribution in [-0.4, -0.2) is 42.2 Å². The van der Waals surface area contributed by atoms with E-state index in [2.05, 4.69) is 18.7 Å². The van der Waals surface area contributed by atoms with Gasteiger partial charge >= 0.3 is 5.97 Å². The minimum Gasteiger partial charge on any atom is -0.480 e. The zero-order chi connectivity index (χ0) is 11.8. The number of aliphatic carboxylic acids is 1. The third kappa shape index (κ3) is 8.39. The minimum absolute atomic E-state index is 0.521. The lowest BCUT2D eigenvalue weighted by Gasteiger charge is -2.18. The first-order chi connectivity index (χ1) is 6.93. The maximum atomic E-state index is 10.5. The summed E-state index contributed by atoms with van der Waals surface area (Å²) in [7, 11) is 2.01. The molecule has 0 rings (SSSR count).